The molecule has 0 aliphatic carbocycles. The van der Waals surface area contributed by atoms with E-state index in [9.17, 15) is 14.4 Å². The smallest absolute Gasteiger partial charge is 0.259 e. The number of hydrogen-bond acceptors (Lipinski definition) is 8. The Morgan fingerprint density at radius 3 is 2.76 bits per heavy atom. The van der Waals surface area contributed by atoms with E-state index < -0.39 is 0 Å². The molecule has 3 aromatic heterocycles. The lowest BCUT2D eigenvalue weighted by Gasteiger charge is -2.21. The molecule has 4 heterocycles. The monoisotopic (exact) mass is 471 g/mol. The van der Waals surface area contributed by atoms with Crippen molar-refractivity contribution in [1.82, 2.24) is 24.7 Å². The molecule has 0 N–H and O–H groups in total. The second-order valence-electron chi connectivity index (χ2n) is 7.87. The fourth-order valence-electron chi connectivity index (χ4n) is 3.94. The van der Waals surface area contributed by atoms with Crippen LogP contribution in [0.2, 0.25) is 0 Å². The van der Waals surface area contributed by atoms with E-state index >= 15 is 0 Å². The minimum atomic E-state index is -0.309. The number of fused-ring (bicyclic) bond motifs is 1. The summed E-state index contributed by atoms with van der Waals surface area (Å²) in [7, 11) is 3.08. The van der Waals surface area contributed by atoms with Crippen LogP contribution in [-0.2, 0) is 30.7 Å². The Morgan fingerprint density at radius 2 is 2.09 bits per heavy atom. The number of methoxy groups -OCH3 is 1. The van der Waals surface area contributed by atoms with Gasteiger partial charge in [0.1, 0.15) is 22.7 Å². The van der Waals surface area contributed by atoms with Gasteiger partial charge in [-0.2, -0.15) is 0 Å². The number of carbonyl (C=O) groups excluding carboxylic acids is 2. The molecule has 1 aliphatic heterocycles. The molecule has 33 heavy (non-hydrogen) atoms. The van der Waals surface area contributed by atoms with Crippen LogP contribution in [0.5, 0.6) is 5.75 Å². The van der Waals surface area contributed by atoms with Crippen molar-refractivity contribution < 1.29 is 19.0 Å². The summed E-state index contributed by atoms with van der Waals surface area (Å²) < 4.78 is 11.7. The maximum atomic E-state index is 13.5. The normalized spacial score (nSPS) is 13.4. The van der Waals surface area contributed by atoms with Crippen molar-refractivity contribution in [3.8, 4) is 5.75 Å². The molecule has 4 rings (SSSR count). The number of pyridine rings is 1. The maximum Gasteiger partial charge on any atom is 0.259 e. The minimum Gasteiger partial charge on any atom is -0.496 e. The molecule has 0 unspecified atom stereocenters. The predicted octanol–water partition coefficient (Wildman–Crippen LogP) is 1.51. The molecule has 2 amide bonds. The predicted molar refractivity (Wildman–Crippen MR) is 120 cm³/mol. The fourth-order valence-corrected chi connectivity index (χ4v) is 4.64. The van der Waals surface area contributed by atoms with Crippen molar-refractivity contribution in [2.24, 2.45) is 0 Å². The van der Waals surface area contributed by atoms with Gasteiger partial charge in [-0.15, -0.1) is 11.3 Å². The minimum absolute atomic E-state index is 0.00396. The second-order valence-corrected chi connectivity index (χ2v) is 8.90. The van der Waals surface area contributed by atoms with Gasteiger partial charge in [0.25, 0.3) is 11.5 Å². The number of aromatic nitrogens is 3. The van der Waals surface area contributed by atoms with Crippen LogP contribution in [0.3, 0.4) is 0 Å². The third-order valence-corrected chi connectivity index (χ3v) is 6.64. The third-order valence-electron chi connectivity index (χ3n) is 5.77. The summed E-state index contributed by atoms with van der Waals surface area (Å²) in [4.78, 5) is 43.3. The van der Waals surface area contributed by atoms with Gasteiger partial charge in [0, 0.05) is 49.7 Å². The van der Waals surface area contributed by atoms with Crippen LogP contribution in [0.15, 0.2) is 33.0 Å². The van der Waals surface area contributed by atoms with Crippen LogP contribution in [0.1, 0.15) is 32.3 Å². The summed E-state index contributed by atoms with van der Waals surface area (Å²) in [6.45, 7) is 3.07. The maximum absolute atomic E-state index is 13.5. The average molecular weight is 472 g/mol. The van der Waals surface area contributed by atoms with Gasteiger partial charge in [-0.25, -0.2) is 4.63 Å². The number of amides is 2. The van der Waals surface area contributed by atoms with E-state index in [4.69, 9.17) is 9.37 Å². The zero-order valence-corrected chi connectivity index (χ0v) is 19.6. The van der Waals surface area contributed by atoms with Gasteiger partial charge in [0.05, 0.1) is 20.1 Å². The van der Waals surface area contributed by atoms with Crippen molar-refractivity contribution in [3.63, 3.8) is 0 Å². The summed E-state index contributed by atoms with van der Waals surface area (Å²) in [5.74, 6) is -0.0860. The highest BCUT2D eigenvalue weighted by Gasteiger charge is 2.28. The molecule has 0 radical (unpaired) electrons. The van der Waals surface area contributed by atoms with Crippen molar-refractivity contribution in [1.29, 1.82) is 0 Å². The van der Waals surface area contributed by atoms with Crippen LogP contribution < -0.4 is 10.3 Å². The first-order valence-electron chi connectivity index (χ1n) is 10.5. The zero-order valence-electron chi connectivity index (χ0n) is 18.7. The second kappa shape index (κ2) is 9.57. The Hall–Kier alpha value is -3.47. The molecule has 11 heteroatoms. The van der Waals surface area contributed by atoms with E-state index in [1.165, 1.54) is 18.1 Å². The zero-order chi connectivity index (χ0) is 23.5. The van der Waals surface area contributed by atoms with Crippen LogP contribution >= 0.6 is 11.3 Å². The first-order valence-corrected chi connectivity index (χ1v) is 11.4. The molecule has 0 spiro atoms. The first kappa shape index (κ1) is 22.7. The number of carbonyl (C=O) groups is 2. The van der Waals surface area contributed by atoms with Crippen molar-refractivity contribution in [2.45, 2.75) is 32.9 Å². The molecule has 174 valence electrons. The number of ether oxygens (including phenoxy) is 1. The SMILES string of the molecule is COc1cc(=O)n2c(c1C(=O)N(C)Cc1nonc1C)CCN(C(=O)Cc1cccs1)CC2. The molecule has 10 nitrogen and oxygen atoms in total. The van der Waals surface area contributed by atoms with E-state index in [2.05, 4.69) is 10.3 Å². The van der Waals surface area contributed by atoms with E-state index in [0.717, 1.165) is 4.88 Å². The number of hydrogen-bond donors (Lipinski definition) is 0. The quantitative estimate of drug-likeness (QED) is 0.536. The molecule has 0 fully saturated rings. The molecule has 1 aliphatic rings. The summed E-state index contributed by atoms with van der Waals surface area (Å²) in [6, 6.07) is 5.18. The Labute approximate surface area is 194 Å². The molecule has 0 atom stereocenters. The Kier molecular flexibility index (Phi) is 6.59. The largest absolute Gasteiger partial charge is 0.496 e. The number of aryl methyl sites for hydroxylation is 1. The van der Waals surface area contributed by atoms with Crippen molar-refractivity contribution in [3.05, 3.63) is 61.5 Å². The van der Waals surface area contributed by atoms with Crippen molar-refractivity contribution in [2.75, 3.05) is 27.2 Å². The van der Waals surface area contributed by atoms with E-state index in [1.54, 1.807) is 34.8 Å². The van der Waals surface area contributed by atoms with Crippen LogP contribution in [0.25, 0.3) is 0 Å². The average Bonchev–Trinajstić information content (AvgIpc) is 3.39. The lowest BCUT2D eigenvalue weighted by atomic mass is 10.1. The molecular formula is C22H25N5O5S. The highest BCUT2D eigenvalue weighted by molar-refractivity contribution is 7.10. The molecule has 0 saturated heterocycles. The summed E-state index contributed by atoms with van der Waals surface area (Å²) >= 11 is 1.54. The molecule has 3 aromatic rings. The molecular weight excluding hydrogens is 446 g/mol. The molecule has 0 bridgehead atoms. The Balaban J connectivity index is 1.61. The van der Waals surface area contributed by atoms with Crippen LogP contribution in [-0.4, -0.2) is 63.7 Å². The van der Waals surface area contributed by atoms with Gasteiger partial charge in [-0.1, -0.05) is 16.4 Å². The van der Waals surface area contributed by atoms with Crippen LogP contribution in [0.4, 0.5) is 0 Å². The summed E-state index contributed by atoms with van der Waals surface area (Å²) in [5, 5.41) is 9.53. The van der Waals surface area contributed by atoms with Gasteiger partial charge >= 0.3 is 0 Å². The third kappa shape index (κ3) is 4.68. The Bertz CT molecular complexity index is 1220. The lowest BCUT2D eigenvalue weighted by Crippen LogP contribution is -2.35. The van der Waals surface area contributed by atoms with Gasteiger partial charge < -0.3 is 19.1 Å². The van der Waals surface area contributed by atoms with E-state index in [-0.39, 0.29) is 29.7 Å². The standard InChI is InChI=1S/C22H25N5O5S/c1-14-16(24-32-23-14)13-25(2)22(30)21-17-6-7-26(19(28)11-15-5-4-10-33-15)8-9-27(17)20(29)12-18(21)31-3/h4-5,10,12H,6-9,11,13H2,1-3H3. The van der Waals surface area contributed by atoms with E-state index in [0.29, 0.717) is 55.1 Å². The van der Waals surface area contributed by atoms with Gasteiger partial charge in [-0.05, 0) is 18.4 Å². The first-order chi connectivity index (χ1) is 15.9. The number of rotatable bonds is 6. The highest BCUT2D eigenvalue weighted by Crippen LogP contribution is 2.25. The molecule has 0 saturated carbocycles. The van der Waals surface area contributed by atoms with Gasteiger partial charge in [-0.3, -0.25) is 14.4 Å². The number of thiophene rings is 1. The van der Waals surface area contributed by atoms with Crippen LogP contribution in [0, 0.1) is 6.92 Å². The molecule has 0 aromatic carbocycles. The van der Waals surface area contributed by atoms with E-state index in [1.807, 2.05) is 17.5 Å². The lowest BCUT2D eigenvalue weighted by molar-refractivity contribution is -0.130. The van der Waals surface area contributed by atoms with Gasteiger partial charge in [0.15, 0.2) is 0 Å². The topological polar surface area (TPSA) is 111 Å². The summed E-state index contributed by atoms with van der Waals surface area (Å²) in [6.07, 6.45) is 0.688. The summed E-state index contributed by atoms with van der Waals surface area (Å²) in [5.41, 5.74) is 1.78. The fraction of sp³-hybridized carbons (Fsp3) is 0.409. The Morgan fingerprint density at radius 1 is 1.27 bits per heavy atom. The highest BCUT2D eigenvalue weighted by atomic mass is 32.1. The number of nitrogens with zero attached hydrogens (tertiary/aromatic N) is 5. The van der Waals surface area contributed by atoms with Crippen molar-refractivity contribution >= 4 is 23.2 Å². The van der Waals surface area contributed by atoms with Gasteiger partial charge in [0.2, 0.25) is 5.91 Å².